The van der Waals surface area contributed by atoms with Crippen molar-refractivity contribution in [2.24, 2.45) is 5.92 Å². The van der Waals surface area contributed by atoms with Crippen LogP contribution in [0, 0.1) is 5.92 Å². The lowest BCUT2D eigenvalue weighted by Crippen LogP contribution is -2.65. The van der Waals surface area contributed by atoms with E-state index >= 15 is 0 Å². The highest BCUT2D eigenvalue weighted by molar-refractivity contribution is 5.97. The van der Waals surface area contributed by atoms with Gasteiger partial charge in [0.15, 0.2) is 0 Å². The first-order chi connectivity index (χ1) is 9.06. The third-order valence-corrected chi connectivity index (χ3v) is 4.01. The van der Waals surface area contributed by atoms with Crippen molar-refractivity contribution < 1.29 is 9.59 Å². The summed E-state index contributed by atoms with van der Waals surface area (Å²) in [6, 6.07) is -0.591. The molecule has 4 nitrogen and oxygen atoms in total. The summed E-state index contributed by atoms with van der Waals surface area (Å²) < 4.78 is 0. The zero-order valence-corrected chi connectivity index (χ0v) is 12.7. The van der Waals surface area contributed by atoms with Crippen LogP contribution in [0.4, 0.5) is 0 Å². The van der Waals surface area contributed by atoms with Crippen LogP contribution in [0.2, 0.25) is 0 Å². The topological polar surface area (TPSA) is 49.4 Å². The van der Waals surface area contributed by atoms with Crippen molar-refractivity contribution in [2.75, 3.05) is 6.54 Å². The van der Waals surface area contributed by atoms with Crippen LogP contribution in [0.5, 0.6) is 0 Å². The van der Waals surface area contributed by atoms with Crippen molar-refractivity contribution >= 4 is 11.8 Å². The molecular formula is C15H28N2O2. The van der Waals surface area contributed by atoms with Gasteiger partial charge in [0.05, 0.1) is 0 Å². The molecule has 0 aliphatic carbocycles. The van der Waals surface area contributed by atoms with Gasteiger partial charge in [0, 0.05) is 6.54 Å². The molecule has 3 unspecified atom stereocenters. The van der Waals surface area contributed by atoms with Gasteiger partial charge in [-0.25, -0.2) is 0 Å². The molecule has 2 amide bonds. The van der Waals surface area contributed by atoms with Crippen molar-refractivity contribution in [3.8, 4) is 0 Å². The smallest absolute Gasteiger partial charge is 0.245 e. The highest BCUT2D eigenvalue weighted by Gasteiger charge is 2.41. The molecule has 110 valence electrons. The number of rotatable bonds is 7. The SMILES string of the molecule is CCCCN1C(=O)C(CCC)NC(=O)C1C(C)CC. The molecule has 1 heterocycles. The molecule has 0 bridgehead atoms. The van der Waals surface area contributed by atoms with Crippen molar-refractivity contribution in [2.45, 2.75) is 71.9 Å². The molecule has 1 fully saturated rings. The van der Waals surface area contributed by atoms with Crippen LogP contribution in [-0.4, -0.2) is 35.3 Å². The number of hydrogen-bond donors (Lipinski definition) is 1. The van der Waals surface area contributed by atoms with Crippen molar-refractivity contribution in [3.63, 3.8) is 0 Å². The number of nitrogens with one attached hydrogen (secondary N) is 1. The Labute approximate surface area is 116 Å². The Morgan fingerprint density at radius 2 is 1.89 bits per heavy atom. The Balaban J connectivity index is 2.89. The zero-order valence-electron chi connectivity index (χ0n) is 12.7. The van der Waals surface area contributed by atoms with E-state index in [1.807, 2.05) is 11.8 Å². The summed E-state index contributed by atoms with van der Waals surface area (Å²) in [5, 5.41) is 2.91. The van der Waals surface area contributed by atoms with Gasteiger partial charge in [-0.3, -0.25) is 9.59 Å². The van der Waals surface area contributed by atoms with Gasteiger partial charge in [0.2, 0.25) is 11.8 Å². The molecule has 3 atom stereocenters. The molecule has 0 radical (unpaired) electrons. The average molecular weight is 268 g/mol. The zero-order chi connectivity index (χ0) is 14.4. The molecular weight excluding hydrogens is 240 g/mol. The fraction of sp³-hybridized carbons (Fsp3) is 0.867. The van der Waals surface area contributed by atoms with Crippen molar-refractivity contribution in [1.82, 2.24) is 10.2 Å². The Morgan fingerprint density at radius 1 is 1.21 bits per heavy atom. The summed E-state index contributed by atoms with van der Waals surface area (Å²) in [4.78, 5) is 26.6. The molecule has 4 heteroatoms. The maximum absolute atomic E-state index is 12.5. The number of amides is 2. The van der Waals surface area contributed by atoms with Gasteiger partial charge < -0.3 is 10.2 Å². The minimum Gasteiger partial charge on any atom is -0.342 e. The summed E-state index contributed by atoms with van der Waals surface area (Å²) >= 11 is 0. The largest absolute Gasteiger partial charge is 0.342 e. The second-order valence-corrected chi connectivity index (χ2v) is 5.57. The van der Waals surface area contributed by atoms with E-state index < -0.39 is 0 Å². The van der Waals surface area contributed by atoms with E-state index in [1.54, 1.807) is 0 Å². The van der Waals surface area contributed by atoms with E-state index in [1.165, 1.54) is 0 Å². The van der Waals surface area contributed by atoms with Crippen molar-refractivity contribution in [3.05, 3.63) is 0 Å². The van der Waals surface area contributed by atoms with Crippen LogP contribution in [0.15, 0.2) is 0 Å². The van der Waals surface area contributed by atoms with Crippen LogP contribution in [0.1, 0.15) is 59.8 Å². The van der Waals surface area contributed by atoms with Gasteiger partial charge in [-0.05, 0) is 18.8 Å². The Kier molecular flexibility index (Phi) is 6.32. The van der Waals surface area contributed by atoms with E-state index in [0.717, 1.165) is 32.1 Å². The third-order valence-electron chi connectivity index (χ3n) is 4.01. The molecule has 0 saturated carbocycles. The van der Waals surface area contributed by atoms with Gasteiger partial charge in [-0.2, -0.15) is 0 Å². The summed E-state index contributed by atoms with van der Waals surface area (Å²) in [5.74, 6) is 0.354. The fourth-order valence-electron chi connectivity index (χ4n) is 2.65. The second kappa shape index (κ2) is 7.51. The number of carbonyl (C=O) groups excluding carboxylic acids is 2. The van der Waals surface area contributed by atoms with Gasteiger partial charge in [0.25, 0.3) is 0 Å². The van der Waals surface area contributed by atoms with Crippen LogP contribution in [0.3, 0.4) is 0 Å². The van der Waals surface area contributed by atoms with Gasteiger partial charge >= 0.3 is 0 Å². The summed E-state index contributed by atoms with van der Waals surface area (Å²) in [7, 11) is 0. The van der Waals surface area contributed by atoms with E-state index in [-0.39, 0.29) is 29.8 Å². The monoisotopic (exact) mass is 268 g/mol. The van der Waals surface area contributed by atoms with Crippen LogP contribution in [-0.2, 0) is 9.59 Å². The van der Waals surface area contributed by atoms with Crippen LogP contribution in [0.25, 0.3) is 0 Å². The fourth-order valence-corrected chi connectivity index (χ4v) is 2.65. The summed E-state index contributed by atoms with van der Waals surface area (Å²) in [6.45, 7) is 8.97. The Hall–Kier alpha value is -1.06. The minimum atomic E-state index is -0.310. The lowest BCUT2D eigenvalue weighted by atomic mass is 9.92. The molecule has 1 rings (SSSR count). The molecule has 1 saturated heterocycles. The predicted molar refractivity (Wildman–Crippen MR) is 76.7 cm³/mol. The summed E-state index contributed by atoms with van der Waals surface area (Å²) in [5.41, 5.74) is 0. The normalized spacial score (nSPS) is 25.4. The molecule has 1 aliphatic rings. The number of hydrogen-bond acceptors (Lipinski definition) is 2. The Morgan fingerprint density at radius 3 is 2.42 bits per heavy atom. The first kappa shape index (κ1) is 16.0. The quantitative estimate of drug-likeness (QED) is 0.770. The van der Waals surface area contributed by atoms with Crippen LogP contribution >= 0.6 is 0 Å². The van der Waals surface area contributed by atoms with E-state index in [4.69, 9.17) is 0 Å². The van der Waals surface area contributed by atoms with Gasteiger partial charge in [0.1, 0.15) is 12.1 Å². The molecule has 0 aromatic rings. The van der Waals surface area contributed by atoms with E-state index in [2.05, 4.69) is 26.1 Å². The second-order valence-electron chi connectivity index (χ2n) is 5.57. The van der Waals surface area contributed by atoms with Gasteiger partial charge in [-0.15, -0.1) is 0 Å². The van der Waals surface area contributed by atoms with Crippen LogP contribution < -0.4 is 5.32 Å². The predicted octanol–water partition coefficient (Wildman–Crippen LogP) is 2.33. The number of nitrogens with zero attached hydrogens (tertiary/aromatic N) is 1. The van der Waals surface area contributed by atoms with Crippen molar-refractivity contribution in [1.29, 1.82) is 0 Å². The number of piperazine rings is 1. The highest BCUT2D eigenvalue weighted by atomic mass is 16.2. The Bertz CT molecular complexity index is 317. The van der Waals surface area contributed by atoms with E-state index in [9.17, 15) is 9.59 Å². The van der Waals surface area contributed by atoms with E-state index in [0.29, 0.717) is 6.54 Å². The third kappa shape index (κ3) is 3.71. The number of unbranched alkanes of at least 4 members (excludes halogenated alkanes) is 1. The summed E-state index contributed by atoms with van der Waals surface area (Å²) in [6.07, 6.45) is 4.56. The lowest BCUT2D eigenvalue weighted by Gasteiger charge is -2.41. The molecule has 19 heavy (non-hydrogen) atoms. The first-order valence-corrected chi connectivity index (χ1v) is 7.67. The maximum Gasteiger partial charge on any atom is 0.245 e. The molecule has 0 aromatic carbocycles. The molecule has 1 aliphatic heterocycles. The van der Waals surface area contributed by atoms with Gasteiger partial charge in [-0.1, -0.05) is 47.0 Å². The minimum absolute atomic E-state index is 0.0310. The highest BCUT2D eigenvalue weighted by Crippen LogP contribution is 2.22. The molecule has 1 N–H and O–H groups in total. The first-order valence-electron chi connectivity index (χ1n) is 7.67. The molecule has 0 aromatic heterocycles. The average Bonchev–Trinajstić information content (AvgIpc) is 2.40. The number of carbonyl (C=O) groups is 2. The lowest BCUT2D eigenvalue weighted by molar-refractivity contribution is -0.151. The standard InChI is InChI=1S/C15H28N2O2/c1-5-8-10-17-13(11(4)7-3)14(18)16-12(9-6-2)15(17)19/h11-13H,5-10H2,1-4H3,(H,16,18). The maximum atomic E-state index is 12.5. The molecule has 0 spiro atoms.